The first kappa shape index (κ1) is 27.0. The summed E-state index contributed by atoms with van der Waals surface area (Å²) in [5.41, 5.74) is 2.80. The number of thioether (sulfide) groups is 1. The highest BCUT2D eigenvalue weighted by Gasteiger charge is 2.26. The normalized spacial score (nSPS) is 13.9. The number of carbonyl (C=O) groups excluding carboxylic acids is 2. The van der Waals surface area contributed by atoms with Crippen molar-refractivity contribution in [3.05, 3.63) is 101 Å². The van der Waals surface area contributed by atoms with Crippen molar-refractivity contribution in [2.24, 2.45) is 0 Å². The van der Waals surface area contributed by atoms with Gasteiger partial charge in [0, 0.05) is 6.20 Å². The van der Waals surface area contributed by atoms with Gasteiger partial charge in [0.2, 0.25) is 5.88 Å². The zero-order valence-corrected chi connectivity index (χ0v) is 23.3. The van der Waals surface area contributed by atoms with Crippen LogP contribution in [0.2, 0.25) is 0 Å². The van der Waals surface area contributed by atoms with Crippen LogP contribution in [-0.4, -0.2) is 33.0 Å². The van der Waals surface area contributed by atoms with Crippen molar-refractivity contribution in [1.29, 1.82) is 0 Å². The van der Waals surface area contributed by atoms with E-state index in [1.165, 1.54) is 0 Å². The van der Waals surface area contributed by atoms with E-state index >= 15 is 0 Å². The Labute approximate surface area is 244 Å². The maximum Gasteiger partial charge on any atom is 0.290 e. The van der Waals surface area contributed by atoms with Gasteiger partial charge in [-0.05, 0) is 66.7 Å². The predicted molar refractivity (Wildman–Crippen MR) is 153 cm³/mol. The van der Waals surface area contributed by atoms with E-state index in [4.69, 9.17) is 23.0 Å². The predicted octanol–water partition coefficient (Wildman–Crippen LogP) is 5.92. The number of para-hydroxylation sites is 1. The number of hydrogen-bond acceptors (Lipinski definition) is 10. The summed E-state index contributed by atoms with van der Waals surface area (Å²) in [5, 5.41) is 6.42. The third-order valence-electron chi connectivity index (χ3n) is 6.25. The Morgan fingerprint density at radius 3 is 2.62 bits per heavy atom. The second kappa shape index (κ2) is 11.7. The fourth-order valence-corrected chi connectivity index (χ4v) is 4.82. The van der Waals surface area contributed by atoms with Crippen molar-refractivity contribution < 1.29 is 32.6 Å². The zero-order chi connectivity index (χ0) is 29.1. The Bertz CT molecular complexity index is 1770. The lowest BCUT2D eigenvalue weighted by Gasteiger charge is -2.12. The number of amides is 2. The van der Waals surface area contributed by atoms with E-state index in [9.17, 15) is 9.59 Å². The molecule has 3 aromatic heterocycles. The quantitative estimate of drug-likeness (QED) is 0.197. The molecule has 1 fully saturated rings. The topological polar surface area (TPSA) is 131 Å². The van der Waals surface area contributed by atoms with E-state index in [1.54, 1.807) is 48.5 Å². The Morgan fingerprint density at radius 2 is 1.88 bits per heavy atom. The molecule has 0 atom stereocenters. The molecule has 1 aliphatic heterocycles. The third kappa shape index (κ3) is 5.79. The molecule has 0 saturated carbocycles. The molecule has 5 aromatic rings. The third-order valence-corrected chi connectivity index (χ3v) is 7.06. The molecule has 0 radical (unpaired) electrons. The van der Waals surface area contributed by atoms with Crippen molar-refractivity contribution in [2.45, 2.75) is 20.1 Å². The van der Waals surface area contributed by atoms with Crippen LogP contribution in [-0.2, 0) is 18.0 Å². The summed E-state index contributed by atoms with van der Waals surface area (Å²) >= 11 is 0.831. The van der Waals surface area contributed by atoms with E-state index in [0.717, 1.165) is 23.0 Å². The van der Waals surface area contributed by atoms with Crippen LogP contribution in [0.25, 0.3) is 23.4 Å². The Hall–Kier alpha value is -5.23. The number of imide groups is 1. The van der Waals surface area contributed by atoms with Crippen LogP contribution in [0.15, 0.2) is 86.9 Å². The van der Waals surface area contributed by atoms with Gasteiger partial charge in [0.25, 0.3) is 17.0 Å². The van der Waals surface area contributed by atoms with Gasteiger partial charge in [-0.1, -0.05) is 24.3 Å². The van der Waals surface area contributed by atoms with Crippen molar-refractivity contribution in [3.63, 3.8) is 0 Å². The number of oxazole rings is 1. The largest absolute Gasteiger partial charge is 0.493 e. The molecule has 0 aliphatic carbocycles. The fourth-order valence-electron chi connectivity index (χ4n) is 4.14. The Kier molecular flexibility index (Phi) is 7.52. The van der Waals surface area contributed by atoms with E-state index in [2.05, 4.69) is 15.4 Å². The minimum atomic E-state index is -0.457. The Morgan fingerprint density at radius 1 is 1.02 bits per heavy atom. The van der Waals surface area contributed by atoms with Crippen LogP contribution < -0.4 is 19.5 Å². The summed E-state index contributed by atoms with van der Waals surface area (Å²) in [7, 11) is 1.56. The lowest BCUT2D eigenvalue weighted by Crippen LogP contribution is -2.17. The standard InChI is InChI=1S/C30H24N4O7S/c1-18-22(31-29(41-18)24-9-6-12-38-24)17-39-23-11-10-19(13-25(23)37-2)16-40-28-20(14-26-27(35)32-30(36)42-26)15-34(33-28)21-7-4-3-5-8-21/h3-15H,16-17H2,1-2H3,(H,32,35,36). The highest BCUT2D eigenvalue weighted by molar-refractivity contribution is 8.18. The number of ether oxygens (including phenoxy) is 3. The average molecular weight is 585 g/mol. The van der Waals surface area contributed by atoms with Crippen LogP contribution in [0.1, 0.15) is 22.6 Å². The molecule has 12 heteroatoms. The molecule has 6 rings (SSSR count). The second-order valence-electron chi connectivity index (χ2n) is 9.08. The molecule has 2 aromatic carbocycles. The van der Waals surface area contributed by atoms with Crippen molar-refractivity contribution in [3.8, 4) is 34.7 Å². The number of benzene rings is 2. The van der Waals surface area contributed by atoms with Crippen LogP contribution in [0.4, 0.5) is 4.79 Å². The van der Waals surface area contributed by atoms with Crippen LogP contribution in [0.3, 0.4) is 0 Å². The smallest absolute Gasteiger partial charge is 0.290 e. The maximum atomic E-state index is 12.1. The molecule has 0 unspecified atom stereocenters. The van der Waals surface area contributed by atoms with Gasteiger partial charge in [0.05, 0.1) is 29.5 Å². The Balaban J connectivity index is 1.18. The number of aromatic nitrogens is 3. The summed E-state index contributed by atoms with van der Waals surface area (Å²) < 4.78 is 30.4. The maximum absolute atomic E-state index is 12.1. The zero-order valence-electron chi connectivity index (χ0n) is 22.5. The molecule has 42 heavy (non-hydrogen) atoms. The number of nitrogens with zero attached hydrogens (tertiary/aromatic N) is 3. The lowest BCUT2D eigenvalue weighted by molar-refractivity contribution is -0.115. The number of hydrogen-bond donors (Lipinski definition) is 1. The molecule has 0 spiro atoms. The van der Waals surface area contributed by atoms with Crippen LogP contribution in [0, 0.1) is 6.92 Å². The van der Waals surface area contributed by atoms with Crippen molar-refractivity contribution in [1.82, 2.24) is 20.1 Å². The number of aryl methyl sites for hydroxylation is 1. The summed E-state index contributed by atoms with van der Waals surface area (Å²) in [4.78, 5) is 28.5. The van der Waals surface area contributed by atoms with Crippen LogP contribution >= 0.6 is 11.8 Å². The number of methoxy groups -OCH3 is 1. The number of nitrogens with one attached hydrogen (secondary N) is 1. The molecular weight excluding hydrogens is 560 g/mol. The SMILES string of the molecule is COc1cc(COc2nn(-c3ccccc3)cc2C=C2SC(=O)NC2=O)ccc1OCc1nc(-c2ccco2)oc1C. The second-order valence-corrected chi connectivity index (χ2v) is 10.1. The van der Waals surface area contributed by atoms with E-state index in [0.29, 0.717) is 46.0 Å². The first-order chi connectivity index (χ1) is 20.5. The highest BCUT2D eigenvalue weighted by atomic mass is 32.2. The number of furan rings is 1. The summed E-state index contributed by atoms with van der Waals surface area (Å²) in [5.74, 6) is 2.43. The van der Waals surface area contributed by atoms with Gasteiger partial charge in [-0.2, -0.15) is 0 Å². The van der Waals surface area contributed by atoms with Gasteiger partial charge >= 0.3 is 0 Å². The number of carbonyl (C=O) groups is 2. The number of rotatable bonds is 10. The summed E-state index contributed by atoms with van der Waals surface area (Å²) in [6.07, 6.45) is 4.89. The van der Waals surface area contributed by atoms with Gasteiger partial charge in [0.1, 0.15) is 24.7 Å². The molecular formula is C30H24N4O7S. The van der Waals surface area contributed by atoms with E-state index in [1.807, 2.05) is 49.4 Å². The van der Waals surface area contributed by atoms with Gasteiger partial charge in [-0.15, -0.1) is 5.10 Å². The first-order valence-corrected chi connectivity index (χ1v) is 13.6. The van der Waals surface area contributed by atoms with Crippen molar-refractivity contribution >= 4 is 29.0 Å². The molecule has 4 heterocycles. The summed E-state index contributed by atoms with van der Waals surface area (Å²) in [6.45, 7) is 2.14. The molecule has 1 saturated heterocycles. The van der Waals surface area contributed by atoms with E-state index < -0.39 is 11.1 Å². The van der Waals surface area contributed by atoms with Gasteiger partial charge in [-0.3, -0.25) is 14.9 Å². The van der Waals surface area contributed by atoms with E-state index in [-0.39, 0.29) is 18.1 Å². The molecule has 11 nitrogen and oxygen atoms in total. The molecule has 2 amide bonds. The average Bonchev–Trinajstić information content (AvgIpc) is 3.80. The minimum absolute atomic E-state index is 0.159. The van der Waals surface area contributed by atoms with Gasteiger partial charge < -0.3 is 23.0 Å². The van der Waals surface area contributed by atoms with Gasteiger partial charge in [0.15, 0.2) is 17.3 Å². The van der Waals surface area contributed by atoms with Crippen LogP contribution in [0.5, 0.6) is 17.4 Å². The monoisotopic (exact) mass is 584 g/mol. The summed E-state index contributed by atoms with van der Waals surface area (Å²) in [6, 6.07) is 18.5. The van der Waals surface area contributed by atoms with Crippen molar-refractivity contribution in [2.75, 3.05) is 7.11 Å². The van der Waals surface area contributed by atoms with Gasteiger partial charge in [-0.25, -0.2) is 9.67 Å². The molecule has 212 valence electrons. The minimum Gasteiger partial charge on any atom is -0.493 e. The lowest BCUT2D eigenvalue weighted by atomic mass is 10.2. The first-order valence-electron chi connectivity index (χ1n) is 12.8. The fraction of sp³-hybridized carbons (Fsp3) is 0.133. The highest BCUT2D eigenvalue weighted by Crippen LogP contribution is 2.32. The molecule has 1 N–H and O–H groups in total. The molecule has 1 aliphatic rings. The molecule has 0 bridgehead atoms.